The molecule has 0 aliphatic heterocycles. The minimum Gasteiger partial charge on any atom is -0.496 e. The Balaban J connectivity index is 2.26. The molecule has 1 N–H and O–H groups in total. The highest BCUT2D eigenvalue weighted by molar-refractivity contribution is 5.52. The van der Waals surface area contributed by atoms with Crippen molar-refractivity contribution < 1.29 is 27.4 Å². The summed E-state index contributed by atoms with van der Waals surface area (Å²) >= 11 is 0. The van der Waals surface area contributed by atoms with Crippen LogP contribution in [-0.2, 0) is 12.7 Å². The molecule has 1 aromatic carbocycles. The van der Waals surface area contributed by atoms with Crippen LogP contribution in [0.15, 0.2) is 24.4 Å². The molecule has 130 valence electrons. The van der Waals surface area contributed by atoms with Crippen LogP contribution < -0.4 is 19.5 Å². The molecule has 0 unspecified atom stereocenters. The Labute approximate surface area is 136 Å². The number of nitrogens with zero attached hydrogens (tertiary/aromatic N) is 2. The van der Waals surface area contributed by atoms with Crippen molar-refractivity contribution >= 4 is 5.95 Å². The summed E-state index contributed by atoms with van der Waals surface area (Å²) in [5.41, 5.74) is -0.421. The van der Waals surface area contributed by atoms with E-state index in [0.29, 0.717) is 22.8 Å². The average Bonchev–Trinajstić information content (AvgIpc) is 2.58. The van der Waals surface area contributed by atoms with Gasteiger partial charge in [0.1, 0.15) is 22.9 Å². The fraction of sp³-hybridized carbons (Fsp3) is 0.333. The van der Waals surface area contributed by atoms with E-state index in [0.717, 1.165) is 12.3 Å². The number of halogens is 3. The summed E-state index contributed by atoms with van der Waals surface area (Å²) in [6.07, 6.45) is -3.49. The Morgan fingerprint density at radius 3 is 2.17 bits per heavy atom. The monoisotopic (exact) mass is 343 g/mol. The first-order valence-electron chi connectivity index (χ1n) is 6.82. The third kappa shape index (κ3) is 3.98. The first kappa shape index (κ1) is 17.6. The predicted molar refractivity (Wildman–Crippen MR) is 80.5 cm³/mol. The van der Waals surface area contributed by atoms with Gasteiger partial charge in [-0.2, -0.15) is 13.2 Å². The van der Waals surface area contributed by atoms with E-state index in [1.54, 1.807) is 12.1 Å². The van der Waals surface area contributed by atoms with E-state index in [4.69, 9.17) is 14.2 Å². The summed E-state index contributed by atoms with van der Waals surface area (Å²) < 4.78 is 53.7. The molecule has 0 fully saturated rings. The number of alkyl halides is 3. The lowest BCUT2D eigenvalue weighted by Crippen LogP contribution is -2.12. The summed E-state index contributed by atoms with van der Waals surface area (Å²) in [6, 6.07) is 4.10. The van der Waals surface area contributed by atoms with E-state index in [1.807, 2.05) is 0 Å². The maximum Gasteiger partial charge on any atom is 0.433 e. The third-order valence-corrected chi connectivity index (χ3v) is 3.19. The van der Waals surface area contributed by atoms with Crippen LogP contribution in [0, 0.1) is 0 Å². The zero-order valence-corrected chi connectivity index (χ0v) is 13.3. The topological polar surface area (TPSA) is 65.5 Å². The van der Waals surface area contributed by atoms with Gasteiger partial charge in [-0.3, -0.25) is 0 Å². The lowest BCUT2D eigenvalue weighted by molar-refractivity contribution is -0.141. The van der Waals surface area contributed by atoms with Gasteiger partial charge in [-0.25, -0.2) is 9.97 Å². The number of nitrogens with one attached hydrogen (secondary N) is 1. The predicted octanol–water partition coefficient (Wildman–Crippen LogP) is 3.13. The minimum absolute atomic E-state index is 0.109. The van der Waals surface area contributed by atoms with Gasteiger partial charge in [-0.15, -0.1) is 0 Å². The molecule has 1 heterocycles. The van der Waals surface area contributed by atoms with E-state index in [2.05, 4.69) is 15.3 Å². The summed E-state index contributed by atoms with van der Waals surface area (Å²) in [5.74, 6) is 1.31. The summed E-state index contributed by atoms with van der Waals surface area (Å²) in [6.45, 7) is 0.109. The molecule has 1 aromatic heterocycles. The van der Waals surface area contributed by atoms with Crippen molar-refractivity contribution in [2.45, 2.75) is 12.7 Å². The fourth-order valence-corrected chi connectivity index (χ4v) is 2.02. The molecular weight excluding hydrogens is 327 g/mol. The quantitative estimate of drug-likeness (QED) is 0.869. The van der Waals surface area contributed by atoms with Gasteiger partial charge in [0.2, 0.25) is 5.95 Å². The van der Waals surface area contributed by atoms with Crippen molar-refractivity contribution in [1.82, 2.24) is 9.97 Å². The van der Waals surface area contributed by atoms with Crippen molar-refractivity contribution in [3.05, 3.63) is 35.7 Å². The number of aromatic nitrogens is 2. The smallest absolute Gasteiger partial charge is 0.433 e. The number of methoxy groups -OCH3 is 3. The van der Waals surface area contributed by atoms with Crippen molar-refractivity contribution in [1.29, 1.82) is 0 Å². The van der Waals surface area contributed by atoms with Gasteiger partial charge in [0.05, 0.1) is 33.4 Å². The van der Waals surface area contributed by atoms with Crippen molar-refractivity contribution in [2.24, 2.45) is 0 Å². The Kier molecular flexibility index (Phi) is 5.32. The molecule has 0 spiro atoms. The largest absolute Gasteiger partial charge is 0.496 e. The van der Waals surface area contributed by atoms with Crippen LogP contribution in [0.3, 0.4) is 0 Å². The second-order valence-corrected chi connectivity index (χ2v) is 4.63. The van der Waals surface area contributed by atoms with Crippen LogP contribution in [0.2, 0.25) is 0 Å². The summed E-state index contributed by atoms with van der Waals surface area (Å²) in [5, 5.41) is 2.74. The Hall–Kier alpha value is -2.71. The van der Waals surface area contributed by atoms with Crippen molar-refractivity contribution in [3.63, 3.8) is 0 Å². The zero-order chi connectivity index (χ0) is 17.7. The first-order chi connectivity index (χ1) is 11.4. The zero-order valence-electron chi connectivity index (χ0n) is 13.3. The maximum absolute atomic E-state index is 12.7. The van der Waals surface area contributed by atoms with E-state index in [1.165, 1.54) is 21.3 Å². The number of benzene rings is 1. The second-order valence-electron chi connectivity index (χ2n) is 4.63. The Morgan fingerprint density at radius 1 is 1.04 bits per heavy atom. The maximum atomic E-state index is 12.7. The van der Waals surface area contributed by atoms with E-state index in [-0.39, 0.29) is 12.5 Å². The van der Waals surface area contributed by atoms with Gasteiger partial charge in [-0.1, -0.05) is 0 Å². The molecule has 0 saturated carbocycles. The average molecular weight is 343 g/mol. The molecule has 0 amide bonds. The number of hydrogen-bond donors (Lipinski definition) is 1. The molecule has 0 aliphatic rings. The van der Waals surface area contributed by atoms with Crippen molar-refractivity contribution in [2.75, 3.05) is 26.6 Å². The molecule has 0 aliphatic carbocycles. The number of ether oxygens (including phenoxy) is 3. The highest BCUT2D eigenvalue weighted by Gasteiger charge is 2.32. The molecule has 0 saturated heterocycles. The van der Waals surface area contributed by atoms with Crippen LogP contribution >= 0.6 is 0 Å². The van der Waals surface area contributed by atoms with Gasteiger partial charge in [0.15, 0.2) is 0 Å². The van der Waals surface area contributed by atoms with E-state index < -0.39 is 11.9 Å². The highest BCUT2D eigenvalue weighted by atomic mass is 19.4. The van der Waals surface area contributed by atoms with Gasteiger partial charge >= 0.3 is 6.18 Å². The van der Waals surface area contributed by atoms with Gasteiger partial charge < -0.3 is 19.5 Å². The number of rotatable bonds is 6. The number of hydrogen-bond acceptors (Lipinski definition) is 6. The van der Waals surface area contributed by atoms with Crippen LogP contribution in [0.1, 0.15) is 11.3 Å². The second kappa shape index (κ2) is 7.24. The lowest BCUT2D eigenvalue weighted by atomic mass is 10.1. The van der Waals surface area contributed by atoms with Crippen LogP contribution in [-0.4, -0.2) is 31.3 Å². The first-order valence-corrected chi connectivity index (χ1v) is 6.82. The molecule has 6 nitrogen and oxygen atoms in total. The molecule has 0 radical (unpaired) electrons. The van der Waals surface area contributed by atoms with Gasteiger partial charge in [0, 0.05) is 18.3 Å². The lowest BCUT2D eigenvalue weighted by Gasteiger charge is -2.15. The molecule has 0 bridgehead atoms. The standard InChI is InChI=1S/C15H16F3N3O3/c1-22-9-6-11(23-2)10(12(7-9)24-3)8-20-14-19-5-4-13(21-14)15(16,17)18/h4-7H,8H2,1-3H3,(H,19,20,21). The van der Waals surface area contributed by atoms with E-state index >= 15 is 0 Å². The molecule has 24 heavy (non-hydrogen) atoms. The molecule has 2 rings (SSSR count). The summed E-state index contributed by atoms with van der Waals surface area (Å²) in [4.78, 5) is 7.23. The molecule has 2 aromatic rings. The van der Waals surface area contributed by atoms with Gasteiger partial charge in [-0.05, 0) is 6.07 Å². The van der Waals surface area contributed by atoms with Gasteiger partial charge in [0.25, 0.3) is 0 Å². The molecule has 0 atom stereocenters. The van der Waals surface area contributed by atoms with Crippen LogP contribution in [0.4, 0.5) is 19.1 Å². The Bertz CT molecular complexity index is 683. The van der Waals surface area contributed by atoms with Crippen molar-refractivity contribution in [3.8, 4) is 17.2 Å². The Morgan fingerprint density at radius 2 is 1.67 bits per heavy atom. The van der Waals surface area contributed by atoms with Crippen LogP contribution in [0.5, 0.6) is 17.2 Å². The van der Waals surface area contributed by atoms with E-state index in [9.17, 15) is 13.2 Å². The normalized spacial score (nSPS) is 11.1. The molecule has 9 heteroatoms. The third-order valence-electron chi connectivity index (χ3n) is 3.19. The number of anilines is 1. The molecular formula is C15H16F3N3O3. The SMILES string of the molecule is COc1cc(OC)c(CNc2nccc(C(F)(F)F)n2)c(OC)c1. The fourth-order valence-electron chi connectivity index (χ4n) is 2.02. The summed E-state index contributed by atoms with van der Waals surface area (Å²) in [7, 11) is 4.44. The van der Waals surface area contributed by atoms with Crippen LogP contribution in [0.25, 0.3) is 0 Å². The minimum atomic E-state index is -4.53. The highest BCUT2D eigenvalue weighted by Crippen LogP contribution is 2.34.